The Labute approximate surface area is 126 Å². The number of aromatic nitrogens is 1. The summed E-state index contributed by atoms with van der Waals surface area (Å²) < 4.78 is 5.53. The van der Waals surface area contributed by atoms with Crippen molar-refractivity contribution in [2.24, 2.45) is 5.41 Å². The van der Waals surface area contributed by atoms with Gasteiger partial charge in [0.1, 0.15) is 0 Å². The first-order chi connectivity index (χ1) is 10.1. The van der Waals surface area contributed by atoms with E-state index in [4.69, 9.17) is 0 Å². The molecule has 5 nitrogen and oxygen atoms in total. The SMILES string of the molecule is CC1(C(=O)NCc2nsc3ccccc23)CCC(=O)NC1. The lowest BCUT2D eigenvalue weighted by molar-refractivity contribution is -0.134. The van der Waals surface area contributed by atoms with E-state index < -0.39 is 5.41 Å². The summed E-state index contributed by atoms with van der Waals surface area (Å²) in [5.74, 6) is -0.00893. The topological polar surface area (TPSA) is 71.1 Å². The van der Waals surface area contributed by atoms with E-state index >= 15 is 0 Å². The molecule has 1 aliphatic rings. The Balaban J connectivity index is 1.67. The maximum absolute atomic E-state index is 12.4. The average Bonchev–Trinajstić information content (AvgIpc) is 2.91. The highest BCUT2D eigenvalue weighted by atomic mass is 32.1. The lowest BCUT2D eigenvalue weighted by Gasteiger charge is -2.32. The fourth-order valence-electron chi connectivity index (χ4n) is 2.50. The first-order valence-electron chi connectivity index (χ1n) is 6.97. The largest absolute Gasteiger partial charge is 0.355 e. The van der Waals surface area contributed by atoms with E-state index in [9.17, 15) is 9.59 Å². The van der Waals surface area contributed by atoms with Crippen LogP contribution >= 0.6 is 11.5 Å². The highest BCUT2D eigenvalue weighted by Crippen LogP contribution is 2.27. The minimum atomic E-state index is -0.528. The van der Waals surface area contributed by atoms with Gasteiger partial charge in [-0.2, -0.15) is 4.37 Å². The Morgan fingerprint density at radius 1 is 1.48 bits per heavy atom. The fourth-order valence-corrected chi connectivity index (χ4v) is 3.29. The summed E-state index contributed by atoms with van der Waals surface area (Å²) in [7, 11) is 0. The van der Waals surface area contributed by atoms with Crippen molar-refractivity contribution in [2.75, 3.05) is 6.54 Å². The minimum absolute atomic E-state index is 0.0192. The Morgan fingerprint density at radius 2 is 2.29 bits per heavy atom. The van der Waals surface area contributed by atoms with Crippen molar-refractivity contribution in [3.8, 4) is 0 Å². The van der Waals surface area contributed by atoms with Crippen LogP contribution in [-0.2, 0) is 16.1 Å². The van der Waals surface area contributed by atoms with Gasteiger partial charge < -0.3 is 10.6 Å². The first kappa shape index (κ1) is 14.0. The first-order valence-corrected chi connectivity index (χ1v) is 7.74. The van der Waals surface area contributed by atoms with Crippen LogP contribution in [0.5, 0.6) is 0 Å². The van der Waals surface area contributed by atoms with Crippen molar-refractivity contribution < 1.29 is 9.59 Å². The van der Waals surface area contributed by atoms with Crippen LogP contribution in [-0.4, -0.2) is 22.7 Å². The molecule has 1 aromatic carbocycles. The van der Waals surface area contributed by atoms with Crippen LogP contribution < -0.4 is 10.6 Å². The molecule has 1 atom stereocenters. The Morgan fingerprint density at radius 3 is 3.05 bits per heavy atom. The number of rotatable bonds is 3. The lowest BCUT2D eigenvalue weighted by Crippen LogP contribution is -2.50. The standard InChI is InChI=1S/C15H17N3O2S/c1-15(7-6-13(19)17-9-15)14(20)16-8-11-10-4-2-3-5-12(10)21-18-11/h2-5H,6-9H2,1H3,(H,16,20)(H,17,19). The summed E-state index contributed by atoms with van der Waals surface area (Å²) in [6.07, 6.45) is 0.992. The Bertz CT molecular complexity index is 685. The van der Waals surface area contributed by atoms with Gasteiger partial charge in [-0.25, -0.2) is 0 Å². The molecule has 110 valence electrons. The van der Waals surface area contributed by atoms with Crippen LogP contribution in [0.2, 0.25) is 0 Å². The fraction of sp³-hybridized carbons (Fsp3) is 0.400. The summed E-state index contributed by atoms with van der Waals surface area (Å²) >= 11 is 1.44. The molecule has 1 unspecified atom stereocenters. The molecule has 1 aliphatic heterocycles. The number of nitrogens with one attached hydrogen (secondary N) is 2. The third-order valence-electron chi connectivity index (χ3n) is 4.00. The number of carbonyl (C=O) groups is 2. The predicted molar refractivity (Wildman–Crippen MR) is 81.8 cm³/mol. The molecule has 2 aromatic rings. The van der Waals surface area contributed by atoms with Crippen molar-refractivity contribution in [1.29, 1.82) is 0 Å². The second-order valence-electron chi connectivity index (χ2n) is 5.65. The van der Waals surface area contributed by atoms with Gasteiger partial charge in [0, 0.05) is 18.4 Å². The number of hydrogen-bond donors (Lipinski definition) is 2. The van der Waals surface area contributed by atoms with Crippen molar-refractivity contribution in [1.82, 2.24) is 15.0 Å². The quantitative estimate of drug-likeness (QED) is 0.908. The molecule has 3 rings (SSSR count). The number of amides is 2. The zero-order valence-electron chi connectivity index (χ0n) is 11.8. The van der Waals surface area contributed by atoms with Crippen LogP contribution in [0.25, 0.3) is 10.1 Å². The van der Waals surface area contributed by atoms with E-state index in [-0.39, 0.29) is 11.8 Å². The number of piperidine rings is 1. The Hall–Kier alpha value is -1.95. The monoisotopic (exact) mass is 303 g/mol. The summed E-state index contributed by atoms with van der Waals surface area (Å²) in [5, 5.41) is 6.81. The molecule has 1 fully saturated rings. The van der Waals surface area contributed by atoms with E-state index in [1.165, 1.54) is 11.5 Å². The molecule has 2 heterocycles. The zero-order valence-corrected chi connectivity index (χ0v) is 12.6. The highest BCUT2D eigenvalue weighted by molar-refractivity contribution is 7.13. The third kappa shape index (κ3) is 2.76. The number of hydrogen-bond acceptors (Lipinski definition) is 4. The summed E-state index contributed by atoms with van der Waals surface area (Å²) in [4.78, 5) is 23.6. The van der Waals surface area contributed by atoms with Gasteiger partial charge in [0.2, 0.25) is 11.8 Å². The third-order valence-corrected chi connectivity index (χ3v) is 4.86. The van der Waals surface area contributed by atoms with Gasteiger partial charge in [-0.15, -0.1) is 0 Å². The molecule has 1 aromatic heterocycles. The maximum atomic E-state index is 12.4. The molecule has 0 radical (unpaired) electrons. The minimum Gasteiger partial charge on any atom is -0.355 e. The molecular weight excluding hydrogens is 286 g/mol. The van der Waals surface area contributed by atoms with Gasteiger partial charge in [0.15, 0.2) is 0 Å². The molecule has 2 amide bonds. The van der Waals surface area contributed by atoms with E-state index in [1.54, 1.807) is 0 Å². The van der Waals surface area contributed by atoms with Crippen molar-refractivity contribution >= 4 is 33.4 Å². The van der Waals surface area contributed by atoms with Crippen LogP contribution in [0.15, 0.2) is 24.3 Å². The smallest absolute Gasteiger partial charge is 0.228 e. The normalized spacial score (nSPS) is 22.0. The second kappa shape index (κ2) is 5.44. The van der Waals surface area contributed by atoms with Crippen molar-refractivity contribution in [3.05, 3.63) is 30.0 Å². The molecule has 0 spiro atoms. The van der Waals surface area contributed by atoms with E-state index in [0.717, 1.165) is 15.8 Å². The van der Waals surface area contributed by atoms with Crippen LogP contribution in [0, 0.1) is 5.41 Å². The van der Waals surface area contributed by atoms with Crippen LogP contribution in [0.3, 0.4) is 0 Å². The average molecular weight is 303 g/mol. The van der Waals surface area contributed by atoms with Crippen LogP contribution in [0.1, 0.15) is 25.5 Å². The van der Waals surface area contributed by atoms with Crippen molar-refractivity contribution in [2.45, 2.75) is 26.3 Å². The van der Waals surface area contributed by atoms with Crippen molar-refractivity contribution in [3.63, 3.8) is 0 Å². The Kier molecular flexibility index (Phi) is 3.63. The van der Waals surface area contributed by atoms with Gasteiger partial charge in [0.05, 0.1) is 22.4 Å². The summed E-state index contributed by atoms with van der Waals surface area (Å²) in [6, 6.07) is 7.99. The van der Waals surface area contributed by atoms with E-state index in [1.807, 2.05) is 31.2 Å². The summed E-state index contributed by atoms with van der Waals surface area (Å²) in [6.45, 7) is 2.71. The molecule has 21 heavy (non-hydrogen) atoms. The van der Waals surface area contributed by atoms with Gasteiger partial charge in [0.25, 0.3) is 0 Å². The molecule has 6 heteroatoms. The van der Waals surface area contributed by atoms with Gasteiger partial charge in [-0.1, -0.05) is 18.2 Å². The number of carbonyl (C=O) groups excluding carboxylic acids is 2. The number of benzene rings is 1. The maximum Gasteiger partial charge on any atom is 0.228 e. The van der Waals surface area contributed by atoms with E-state index in [0.29, 0.717) is 25.9 Å². The molecule has 2 N–H and O–H groups in total. The van der Waals surface area contributed by atoms with Gasteiger partial charge >= 0.3 is 0 Å². The number of nitrogens with zero attached hydrogens (tertiary/aromatic N) is 1. The lowest BCUT2D eigenvalue weighted by atomic mass is 9.81. The molecular formula is C15H17N3O2S. The van der Waals surface area contributed by atoms with Gasteiger partial charge in [-0.05, 0) is 30.9 Å². The highest BCUT2D eigenvalue weighted by Gasteiger charge is 2.36. The summed E-state index contributed by atoms with van der Waals surface area (Å²) in [5.41, 5.74) is 0.368. The molecule has 1 saturated heterocycles. The zero-order chi connectivity index (χ0) is 14.9. The van der Waals surface area contributed by atoms with E-state index in [2.05, 4.69) is 15.0 Å². The predicted octanol–water partition coefficient (Wildman–Crippen LogP) is 1.83. The van der Waals surface area contributed by atoms with Gasteiger partial charge in [-0.3, -0.25) is 9.59 Å². The molecule has 0 bridgehead atoms. The molecule has 0 aliphatic carbocycles. The second-order valence-corrected chi connectivity index (χ2v) is 6.45. The number of fused-ring (bicyclic) bond motifs is 1. The van der Waals surface area contributed by atoms with Crippen LogP contribution in [0.4, 0.5) is 0 Å². The molecule has 0 saturated carbocycles.